The van der Waals surface area contributed by atoms with Crippen LogP contribution in [0.15, 0.2) is 18.2 Å². The van der Waals surface area contributed by atoms with Gasteiger partial charge >= 0.3 is 0 Å². The third-order valence-corrected chi connectivity index (χ3v) is 7.12. The molecule has 0 radical (unpaired) electrons. The summed E-state index contributed by atoms with van der Waals surface area (Å²) in [4.78, 5) is 54.3. The van der Waals surface area contributed by atoms with Gasteiger partial charge in [-0.2, -0.15) is 0 Å². The van der Waals surface area contributed by atoms with Gasteiger partial charge in [0.1, 0.15) is 6.04 Å². The third kappa shape index (κ3) is 9.42. The van der Waals surface area contributed by atoms with Crippen molar-refractivity contribution in [3.8, 4) is 11.5 Å². The van der Waals surface area contributed by atoms with Crippen LogP contribution in [0.1, 0.15) is 51.0 Å². The number of rotatable bonds is 2. The van der Waals surface area contributed by atoms with Crippen molar-refractivity contribution in [3.05, 3.63) is 23.8 Å². The molecule has 2 atom stereocenters. The van der Waals surface area contributed by atoms with E-state index in [1.807, 2.05) is 11.0 Å². The lowest BCUT2D eigenvalue weighted by Gasteiger charge is -2.27. The Labute approximate surface area is 230 Å². The Balaban J connectivity index is 1.68. The monoisotopic (exact) mass is 545 g/mol. The molecule has 1 aromatic rings. The molecule has 4 amide bonds. The molecule has 2 bridgehead atoms. The van der Waals surface area contributed by atoms with Crippen LogP contribution in [0.2, 0.25) is 0 Å². The molecule has 1 saturated heterocycles. The maximum absolute atomic E-state index is 13.1. The van der Waals surface area contributed by atoms with E-state index in [-0.39, 0.29) is 30.4 Å². The highest BCUT2D eigenvalue weighted by molar-refractivity contribution is 5.87. The lowest BCUT2D eigenvalue weighted by molar-refractivity contribution is -0.135. The van der Waals surface area contributed by atoms with Gasteiger partial charge in [-0.05, 0) is 69.7 Å². The van der Waals surface area contributed by atoms with E-state index in [2.05, 4.69) is 16.0 Å². The average Bonchev–Trinajstić information content (AvgIpc) is 3.48. The summed E-state index contributed by atoms with van der Waals surface area (Å²) in [5.74, 6) is 0.293. The molecular formula is C28H43N5O6. The van der Waals surface area contributed by atoms with Gasteiger partial charge in [-0.3, -0.25) is 19.2 Å². The molecule has 2 heterocycles. The van der Waals surface area contributed by atoms with E-state index in [4.69, 9.17) is 9.47 Å². The quantitative estimate of drug-likeness (QED) is 0.503. The molecule has 216 valence electrons. The first-order chi connectivity index (χ1) is 18.8. The van der Waals surface area contributed by atoms with Crippen molar-refractivity contribution in [2.45, 2.75) is 64.0 Å². The summed E-state index contributed by atoms with van der Waals surface area (Å²) in [6, 6.07) is 4.50. The lowest BCUT2D eigenvalue weighted by atomic mass is 10.1. The standard InChI is InChI=1S/C28H43N5O6/c1-20-27(36)32(2)15-4-5-16-33(28(37)22-8-6-13-29-22)17-7-14-30-25(34)12-10-21-9-11-23(38-3)24(18-21)39-19-26(35)31-20/h9,11,18,20,22,29H,4-8,10,12-17,19H2,1-3H3,(H,30,34)(H,31,35)/t20-,22-/m0/s1. The molecule has 11 nitrogen and oxygen atoms in total. The number of hydrogen-bond acceptors (Lipinski definition) is 7. The van der Waals surface area contributed by atoms with Gasteiger partial charge in [-0.15, -0.1) is 0 Å². The van der Waals surface area contributed by atoms with E-state index in [1.165, 1.54) is 7.11 Å². The van der Waals surface area contributed by atoms with Crippen LogP contribution in [0.3, 0.4) is 0 Å². The molecule has 3 rings (SSSR count). The first-order valence-corrected chi connectivity index (χ1v) is 13.9. The summed E-state index contributed by atoms with van der Waals surface area (Å²) in [5, 5.41) is 8.93. The van der Waals surface area contributed by atoms with Crippen LogP contribution in [0, 0.1) is 0 Å². The van der Waals surface area contributed by atoms with Crippen LogP contribution in [0.4, 0.5) is 0 Å². The highest BCUT2D eigenvalue weighted by atomic mass is 16.5. The van der Waals surface area contributed by atoms with E-state index in [0.717, 1.165) is 37.8 Å². The molecule has 2 aliphatic rings. The average molecular weight is 546 g/mol. The summed E-state index contributed by atoms with van der Waals surface area (Å²) < 4.78 is 11.0. The Morgan fingerprint density at radius 2 is 1.77 bits per heavy atom. The minimum absolute atomic E-state index is 0.0631. The number of amides is 4. The first kappa shape index (κ1) is 30.2. The van der Waals surface area contributed by atoms with E-state index >= 15 is 0 Å². The normalized spacial score (nSPS) is 23.1. The summed E-state index contributed by atoms with van der Waals surface area (Å²) in [5.41, 5.74) is 0.870. The Hall–Kier alpha value is -3.34. The highest BCUT2D eigenvalue weighted by Gasteiger charge is 2.26. The molecule has 0 saturated carbocycles. The molecule has 0 unspecified atom stereocenters. The predicted molar refractivity (Wildman–Crippen MR) is 147 cm³/mol. The van der Waals surface area contributed by atoms with Gasteiger partial charge in [0.05, 0.1) is 13.2 Å². The van der Waals surface area contributed by atoms with Gasteiger partial charge in [0.15, 0.2) is 18.1 Å². The van der Waals surface area contributed by atoms with Crippen LogP contribution in [-0.2, 0) is 25.6 Å². The van der Waals surface area contributed by atoms with Crippen molar-refractivity contribution in [2.24, 2.45) is 0 Å². The molecule has 0 aromatic heterocycles. The number of methoxy groups -OCH3 is 1. The van der Waals surface area contributed by atoms with Crippen LogP contribution in [0.5, 0.6) is 11.5 Å². The van der Waals surface area contributed by atoms with E-state index < -0.39 is 11.9 Å². The van der Waals surface area contributed by atoms with Crippen molar-refractivity contribution in [1.82, 2.24) is 25.8 Å². The summed E-state index contributed by atoms with van der Waals surface area (Å²) in [7, 11) is 3.23. The summed E-state index contributed by atoms with van der Waals surface area (Å²) >= 11 is 0. The number of benzene rings is 1. The fourth-order valence-electron chi connectivity index (χ4n) is 4.86. The van der Waals surface area contributed by atoms with Crippen molar-refractivity contribution in [1.29, 1.82) is 0 Å². The van der Waals surface area contributed by atoms with E-state index in [1.54, 1.807) is 31.0 Å². The van der Waals surface area contributed by atoms with Gasteiger partial charge in [-0.1, -0.05) is 6.07 Å². The van der Waals surface area contributed by atoms with Crippen LogP contribution >= 0.6 is 0 Å². The minimum atomic E-state index is -0.706. The Morgan fingerprint density at radius 1 is 1.00 bits per heavy atom. The molecule has 3 N–H and O–H groups in total. The maximum Gasteiger partial charge on any atom is 0.258 e. The molecule has 1 aromatic carbocycles. The Bertz CT molecular complexity index is 997. The van der Waals surface area contributed by atoms with Crippen molar-refractivity contribution < 1.29 is 28.7 Å². The zero-order valence-corrected chi connectivity index (χ0v) is 23.4. The zero-order chi connectivity index (χ0) is 28.2. The molecule has 39 heavy (non-hydrogen) atoms. The predicted octanol–water partition coefficient (Wildman–Crippen LogP) is 0.850. The molecular weight excluding hydrogens is 502 g/mol. The zero-order valence-electron chi connectivity index (χ0n) is 23.4. The van der Waals surface area contributed by atoms with Gasteiger partial charge in [-0.25, -0.2) is 0 Å². The molecule has 0 spiro atoms. The SMILES string of the molecule is COc1ccc2cc1OCC(=O)N[C@@H](C)C(=O)N(C)CCCCN(C(=O)[C@@H]1CCCN1)CCCNC(=O)CC2. The molecule has 0 aliphatic carbocycles. The second-order valence-electron chi connectivity index (χ2n) is 10.2. The molecule has 2 aliphatic heterocycles. The molecule has 1 fully saturated rings. The smallest absolute Gasteiger partial charge is 0.258 e. The number of hydrogen-bond donors (Lipinski definition) is 3. The molecule has 11 heteroatoms. The summed E-state index contributed by atoms with van der Waals surface area (Å²) in [6.45, 7) is 4.38. The fourth-order valence-corrected chi connectivity index (χ4v) is 4.86. The van der Waals surface area contributed by atoms with Crippen molar-refractivity contribution in [2.75, 3.05) is 53.5 Å². The van der Waals surface area contributed by atoms with E-state index in [9.17, 15) is 19.2 Å². The number of nitrogens with zero attached hydrogens (tertiary/aromatic N) is 2. The van der Waals surface area contributed by atoms with Gasteiger partial charge < -0.3 is 35.2 Å². The first-order valence-electron chi connectivity index (χ1n) is 13.9. The number of likely N-dealkylation sites (N-methyl/N-ethyl adjacent to an activating group) is 1. The number of nitrogens with one attached hydrogen (secondary N) is 3. The topological polar surface area (TPSA) is 129 Å². The highest BCUT2D eigenvalue weighted by Crippen LogP contribution is 2.28. The van der Waals surface area contributed by atoms with Gasteiger partial charge in [0, 0.05) is 39.6 Å². The maximum atomic E-state index is 13.1. The Kier molecular flexibility index (Phi) is 11.9. The Morgan fingerprint density at radius 3 is 2.51 bits per heavy atom. The van der Waals surface area contributed by atoms with Gasteiger partial charge in [0.25, 0.3) is 5.91 Å². The van der Waals surface area contributed by atoms with Crippen LogP contribution < -0.4 is 25.4 Å². The second kappa shape index (κ2) is 15.3. The number of fused-ring (bicyclic) bond motifs is 2. The third-order valence-electron chi connectivity index (χ3n) is 7.12. The second-order valence-corrected chi connectivity index (χ2v) is 10.2. The van der Waals surface area contributed by atoms with Crippen LogP contribution in [-0.4, -0.2) is 99.0 Å². The van der Waals surface area contributed by atoms with Crippen LogP contribution in [0.25, 0.3) is 0 Å². The van der Waals surface area contributed by atoms with Crippen molar-refractivity contribution in [3.63, 3.8) is 0 Å². The minimum Gasteiger partial charge on any atom is -0.493 e. The fraction of sp³-hybridized carbons (Fsp3) is 0.643. The van der Waals surface area contributed by atoms with Crippen molar-refractivity contribution >= 4 is 23.6 Å². The summed E-state index contributed by atoms with van der Waals surface area (Å²) in [6.07, 6.45) is 4.76. The lowest BCUT2D eigenvalue weighted by Crippen LogP contribution is -2.47. The largest absolute Gasteiger partial charge is 0.493 e. The number of ether oxygens (including phenoxy) is 2. The van der Waals surface area contributed by atoms with Gasteiger partial charge in [0.2, 0.25) is 17.7 Å². The number of aryl methyl sites for hydroxylation is 1. The number of carbonyl (C=O) groups excluding carboxylic acids is 4. The van der Waals surface area contributed by atoms with E-state index in [0.29, 0.717) is 56.9 Å². The number of carbonyl (C=O) groups is 4.